The first kappa shape index (κ1) is 31.1. The molecule has 43 heavy (non-hydrogen) atoms. The maximum Gasteiger partial charge on any atom is 0.246 e. The number of nitrogens with zero attached hydrogens (tertiary/aromatic N) is 5. The number of likely N-dealkylation sites (tertiary alicyclic amines) is 2. The zero-order valence-corrected chi connectivity index (χ0v) is 25.9. The van der Waals surface area contributed by atoms with E-state index in [1.54, 1.807) is 4.90 Å². The lowest BCUT2D eigenvalue weighted by Crippen LogP contribution is -2.75. The van der Waals surface area contributed by atoms with Crippen molar-refractivity contribution in [2.45, 2.75) is 101 Å². The molecule has 1 amide bonds. The number of piperazine rings is 1. The fraction of sp³-hybridized carbons (Fsp3) is 0.844. The van der Waals surface area contributed by atoms with Crippen LogP contribution in [0.1, 0.15) is 57.8 Å². The number of ether oxygens (including phenoxy) is 1. The van der Waals surface area contributed by atoms with Crippen LogP contribution in [0.2, 0.25) is 0 Å². The topological polar surface area (TPSA) is 104 Å². The van der Waals surface area contributed by atoms with E-state index in [-0.39, 0.29) is 48.3 Å². The summed E-state index contributed by atoms with van der Waals surface area (Å²) < 4.78 is 20.8. The molecule has 238 valence electrons. The van der Waals surface area contributed by atoms with Crippen LogP contribution in [0.3, 0.4) is 0 Å². The van der Waals surface area contributed by atoms with E-state index >= 15 is 0 Å². The second-order valence-electron chi connectivity index (χ2n) is 14.2. The molecule has 0 bridgehead atoms. The second-order valence-corrected chi connectivity index (χ2v) is 14.2. The largest absolute Gasteiger partial charge is 0.348 e. The van der Waals surface area contributed by atoms with E-state index in [9.17, 15) is 19.2 Å². The molecule has 6 aliphatic rings. The molecule has 0 aromatic heterocycles. The molecule has 6 rings (SSSR count). The summed E-state index contributed by atoms with van der Waals surface area (Å²) in [5.74, 6) is 0.537. The summed E-state index contributed by atoms with van der Waals surface area (Å²) in [6.45, 7) is 7.72. The normalized spacial score (nSPS) is 42.8. The highest BCUT2D eigenvalue weighted by molar-refractivity contribution is 5.91. The predicted octanol–water partition coefficient (Wildman–Crippen LogP) is 1.69. The van der Waals surface area contributed by atoms with Crippen molar-refractivity contribution in [2.75, 3.05) is 53.4 Å². The van der Waals surface area contributed by atoms with Crippen molar-refractivity contribution in [2.24, 2.45) is 17.3 Å². The minimum atomic E-state index is -0.736. The molecule has 4 aliphatic heterocycles. The van der Waals surface area contributed by atoms with Gasteiger partial charge in [-0.25, -0.2) is 4.39 Å². The van der Waals surface area contributed by atoms with Gasteiger partial charge in [0.1, 0.15) is 6.17 Å². The third kappa shape index (κ3) is 6.03. The Morgan fingerprint density at radius 3 is 2.74 bits per heavy atom. The molecule has 0 radical (unpaired) electrons. The van der Waals surface area contributed by atoms with Crippen molar-refractivity contribution < 1.29 is 18.7 Å². The minimum absolute atomic E-state index is 0.0427. The smallest absolute Gasteiger partial charge is 0.246 e. The zero-order valence-electron chi connectivity index (χ0n) is 25.9. The van der Waals surface area contributed by atoms with E-state index in [0.29, 0.717) is 57.6 Å². The number of ketones is 1. The maximum absolute atomic E-state index is 14.7. The van der Waals surface area contributed by atoms with E-state index in [1.807, 2.05) is 0 Å². The van der Waals surface area contributed by atoms with Gasteiger partial charge in [0, 0.05) is 49.6 Å². The van der Waals surface area contributed by atoms with Crippen LogP contribution >= 0.6 is 0 Å². The molecule has 9 unspecified atom stereocenters. The lowest BCUT2D eigenvalue weighted by Gasteiger charge is -2.58. The number of carbonyl (C=O) groups excluding carboxylic acids is 2. The number of carbonyl (C=O) groups is 2. The van der Waals surface area contributed by atoms with Gasteiger partial charge in [-0.2, -0.15) is 5.26 Å². The van der Waals surface area contributed by atoms with Gasteiger partial charge in [-0.15, -0.1) is 0 Å². The van der Waals surface area contributed by atoms with E-state index in [4.69, 9.17) is 4.74 Å². The van der Waals surface area contributed by atoms with Crippen LogP contribution in [0.5, 0.6) is 0 Å². The number of hydrogen-bond donors (Lipinski definition) is 2. The average Bonchev–Trinajstić information content (AvgIpc) is 3.42. The number of amides is 1. The number of piperidine rings is 1. The van der Waals surface area contributed by atoms with Gasteiger partial charge in [0.15, 0.2) is 12.1 Å². The highest BCUT2D eigenvalue weighted by Crippen LogP contribution is 2.50. The Morgan fingerprint density at radius 2 is 2.00 bits per heavy atom. The van der Waals surface area contributed by atoms with Crippen molar-refractivity contribution in [3.8, 4) is 6.07 Å². The summed E-state index contributed by atoms with van der Waals surface area (Å²) in [6, 6.07) is 2.27. The van der Waals surface area contributed by atoms with E-state index in [2.05, 4.69) is 52.1 Å². The first-order valence-corrected chi connectivity index (χ1v) is 16.5. The SMILES string of the molecule is C=CC(=O)N1CCN(C2NC(OCC3CCCN3C)NC3C(=O)[C@]4(CCC32)CC2CCC(F)CC2N(C)C4)CC1CC#N. The first-order valence-electron chi connectivity index (χ1n) is 16.5. The number of likely N-dealkylation sites (N-methyl/N-ethyl adjacent to an activating group) is 1. The zero-order chi connectivity index (χ0) is 30.3. The molecule has 2 saturated carbocycles. The fourth-order valence-electron chi connectivity index (χ4n) is 9.43. The van der Waals surface area contributed by atoms with E-state index < -0.39 is 17.9 Å². The maximum atomic E-state index is 14.7. The third-order valence-electron chi connectivity index (χ3n) is 11.7. The fourth-order valence-corrected chi connectivity index (χ4v) is 9.43. The van der Waals surface area contributed by atoms with Gasteiger partial charge in [0.2, 0.25) is 5.91 Å². The number of nitrogens with one attached hydrogen (secondary N) is 2. The Morgan fingerprint density at radius 1 is 1.16 bits per heavy atom. The van der Waals surface area contributed by atoms with Crippen LogP contribution in [0.25, 0.3) is 0 Å². The first-order chi connectivity index (χ1) is 20.7. The molecule has 2 aliphatic carbocycles. The third-order valence-corrected chi connectivity index (χ3v) is 11.7. The highest BCUT2D eigenvalue weighted by Gasteiger charge is 2.58. The van der Waals surface area contributed by atoms with Crippen LogP contribution < -0.4 is 10.6 Å². The Bertz CT molecular complexity index is 1100. The van der Waals surface area contributed by atoms with Gasteiger partial charge in [-0.05, 0) is 84.0 Å². The van der Waals surface area contributed by atoms with Crippen molar-refractivity contribution in [1.29, 1.82) is 5.26 Å². The molecule has 2 N–H and O–H groups in total. The van der Waals surface area contributed by atoms with Gasteiger partial charge < -0.3 is 19.4 Å². The summed E-state index contributed by atoms with van der Waals surface area (Å²) in [7, 11) is 4.22. The summed E-state index contributed by atoms with van der Waals surface area (Å²) in [6.07, 6.45) is 7.12. The van der Waals surface area contributed by atoms with E-state index in [0.717, 1.165) is 45.1 Å². The number of nitriles is 1. The van der Waals surface area contributed by atoms with Gasteiger partial charge in [-0.1, -0.05) is 6.58 Å². The number of halogens is 1. The van der Waals surface area contributed by atoms with Gasteiger partial charge in [0.25, 0.3) is 0 Å². The Balaban J connectivity index is 1.23. The summed E-state index contributed by atoms with van der Waals surface area (Å²) in [5.41, 5.74) is -0.427. The Labute approximate surface area is 255 Å². The lowest BCUT2D eigenvalue weighted by atomic mass is 9.58. The summed E-state index contributed by atoms with van der Waals surface area (Å²) >= 11 is 0. The summed E-state index contributed by atoms with van der Waals surface area (Å²) in [4.78, 5) is 36.0. The second kappa shape index (κ2) is 12.8. The number of alkyl halides is 1. The van der Waals surface area contributed by atoms with Crippen molar-refractivity contribution >= 4 is 11.7 Å². The van der Waals surface area contributed by atoms with Crippen LogP contribution in [-0.4, -0.2) is 128 Å². The molecular formula is C32H50FN7O3. The predicted molar refractivity (Wildman–Crippen MR) is 160 cm³/mol. The quantitative estimate of drug-likeness (QED) is 0.442. The van der Waals surface area contributed by atoms with E-state index in [1.165, 1.54) is 6.08 Å². The Hall–Kier alpha value is -1.94. The van der Waals surface area contributed by atoms with Gasteiger partial charge >= 0.3 is 0 Å². The molecule has 4 heterocycles. The monoisotopic (exact) mass is 599 g/mol. The number of rotatable bonds is 6. The molecule has 10 nitrogen and oxygen atoms in total. The summed E-state index contributed by atoms with van der Waals surface area (Å²) in [5, 5.41) is 16.9. The van der Waals surface area contributed by atoms with Gasteiger partial charge in [-0.3, -0.25) is 25.1 Å². The standard InChI is InChI=1S/C32H50FN7O3/c1-4-27(41)40-15-14-39(18-23(40)10-12-34)30-25-9-11-32(17-21-7-8-22(33)16-26(21)38(3)20-32)29(42)28(25)35-31(36-30)43-19-24-6-5-13-37(24)2/h4,21-26,28,30-31,35-36H,1,5-11,13-20H2,2-3H3/t21?,22?,23?,24?,25?,26?,28?,30?,31?,32-/m1/s1. The number of hydrogen-bond acceptors (Lipinski definition) is 9. The molecule has 0 aromatic rings. The lowest BCUT2D eigenvalue weighted by molar-refractivity contribution is -0.160. The number of fused-ring (bicyclic) bond motifs is 2. The minimum Gasteiger partial charge on any atom is -0.348 e. The average molecular weight is 600 g/mol. The molecule has 11 heteroatoms. The van der Waals surface area contributed by atoms with Crippen LogP contribution in [0.4, 0.5) is 4.39 Å². The molecule has 10 atom stereocenters. The molecule has 6 fully saturated rings. The van der Waals surface area contributed by atoms with Gasteiger partial charge in [0.05, 0.1) is 37.3 Å². The molecule has 1 spiro atoms. The van der Waals surface area contributed by atoms with Crippen LogP contribution in [0, 0.1) is 28.6 Å². The molecule has 0 aromatic carbocycles. The van der Waals surface area contributed by atoms with Crippen molar-refractivity contribution in [1.82, 2.24) is 30.2 Å². The molecular weight excluding hydrogens is 549 g/mol. The Kier molecular flexibility index (Phi) is 9.26. The number of Topliss-reactive ketones (excluding diaryl/α,β-unsaturated/α-hetero) is 1. The highest BCUT2D eigenvalue weighted by atomic mass is 19.1. The van der Waals surface area contributed by atoms with Crippen molar-refractivity contribution in [3.05, 3.63) is 12.7 Å². The molecule has 4 saturated heterocycles. The van der Waals surface area contributed by atoms with Crippen LogP contribution in [0.15, 0.2) is 12.7 Å². The van der Waals surface area contributed by atoms with Crippen LogP contribution in [-0.2, 0) is 14.3 Å². The van der Waals surface area contributed by atoms with Crippen molar-refractivity contribution in [3.63, 3.8) is 0 Å².